The van der Waals surface area contributed by atoms with Gasteiger partial charge in [0.05, 0.1) is 10.6 Å². The smallest absolute Gasteiger partial charge is 0.100 e. The normalized spacial score (nSPS) is 10.3. The molecule has 0 saturated heterocycles. The predicted molar refractivity (Wildman–Crippen MR) is 62.7 cm³/mol. The monoisotopic (exact) mass is 220 g/mol. The number of thiophene rings is 1. The Bertz CT molecular complexity index is 523. The minimum atomic E-state index is 0.725. The number of thioether (sulfide) groups is 1. The molecular weight excluding hydrogens is 212 g/mol. The predicted octanol–water partition coefficient (Wildman–Crippen LogP) is 3.08. The summed E-state index contributed by atoms with van der Waals surface area (Å²) in [6.45, 7) is 0. The van der Waals surface area contributed by atoms with Crippen LogP contribution >= 0.6 is 23.1 Å². The number of nitrogens with two attached hydrogens (primary N) is 1. The molecule has 0 aliphatic carbocycles. The van der Waals surface area contributed by atoms with Gasteiger partial charge in [0.2, 0.25) is 0 Å². The van der Waals surface area contributed by atoms with Gasteiger partial charge in [0.1, 0.15) is 6.07 Å². The number of nitriles is 1. The summed E-state index contributed by atoms with van der Waals surface area (Å²) in [5, 5.41) is 10.8. The first-order chi connectivity index (χ1) is 6.74. The number of rotatable bonds is 1. The van der Waals surface area contributed by atoms with Crippen LogP contribution in [-0.4, -0.2) is 6.26 Å². The highest BCUT2D eigenvalue weighted by atomic mass is 32.2. The van der Waals surface area contributed by atoms with Gasteiger partial charge in [-0.25, -0.2) is 0 Å². The van der Waals surface area contributed by atoms with Gasteiger partial charge in [-0.3, -0.25) is 0 Å². The van der Waals surface area contributed by atoms with Crippen molar-refractivity contribution in [1.29, 1.82) is 5.26 Å². The van der Waals surface area contributed by atoms with E-state index in [1.54, 1.807) is 23.1 Å². The minimum Gasteiger partial charge on any atom is -0.391 e. The zero-order chi connectivity index (χ0) is 10.1. The van der Waals surface area contributed by atoms with E-state index in [2.05, 4.69) is 6.07 Å². The Kier molecular flexibility index (Phi) is 2.36. The van der Waals surface area contributed by atoms with Crippen molar-refractivity contribution in [3.05, 3.63) is 23.8 Å². The van der Waals surface area contributed by atoms with E-state index in [1.165, 1.54) is 0 Å². The molecule has 0 fully saturated rings. The first kappa shape index (κ1) is 9.38. The highest BCUT2D eigenvalue weighted by Crippen LogP contribution is 2.32. The Morgan fingerprint density at radius 2 is 2.21 bits per heavy atom. The first-order valence-corrected chi connectivity index (χ1v) is 6.06. The number of fused-ring (bicyclic) bond motifs is 1. The van der Waals surface area contributed by atoms with Crippen molar-refractivity contribution < 1.29 is 0 Å². The van der Waals surface area contributed by atoms with E-state index in [0.717, 1.165) is 25.5 Å². The molecule has 2 nitrogen and oxygen atoms in total. The standard InChI is InChI=1S/C10H8N2S2/c1-13-8-4-9-6(2-7(8)5-11)3-10(12)14-9/h2-4H,12H2,1H3. The summed E-state index contributed by atoms with van der Waals surface area (Å²) >= 11 is 3.14. The molecule has 0 atom stereocenters. The summed E-state index contributed by atoms with van der Waals surface area (Å²) in [4.78, 5) is 1.02. The number of nitrogens with zero attached hydrogens (tertiary/aromatic N) is 1. The molecule has 0 aliphatic rings. The molecule has 0 unspecified atom stereocenters. The summed E-state index contributed by atoms with van der Waals surface area (Å²) in [5.74, 6) is 0. The van der Waals surface area contributed by atoms with Crippen LogP contribution in [0.25, 0.3) is 10.1 Å². The van der Waals surface area contributed by atoms with Gasteiger partial charge < -0.3 is 5.73 Å². The molecule has 0 spiro atoms. The average Bonchev–Trinajstić information content (AvgIpc) is 2.54. The maximum absolute atomic E-state index is 8.92. The minimum absolute atomic E-state index is 0.725. The average molecular weight is 220 g/mol. The molecule has 0 radical (unpaired) electrons. The van der Waals surface area contributed by atoms with Gasteiger partial charge in [0, 0.05) is 9.60 Å². The summed E-state index contributed by atoms with van der Waals surface area (Å²) < 4.78 is 1.14. The molecule has 1 aromatic heterocycles. The molecule has 70 valence electrons. The Balaban J connectivity index is 2.76. The molecule has 14 heavy (non-hydrogen) atoms. The van der Waals surface area contributed by atoms with Crippen molar-refractivity contribution in [1.82, 2.24) is 0 Å². The summed E-state index contributed by atoms with van der Waals surface area (Å²) in [5.41, 5.74) is 6.43. The van der Waals surface area contributed by atoms with Crippen molar-refractivity contribution >= 4 is 38.2 Å². The van der Waals surface area contributed by atoms with E-state index in [9.17, 15) is 0 Å². The van der Waals surface area contributed by atoms with Crippen LogP contribution in [0.1, 0.15) is 5.56 Å². The second-order valence-electron chi connectivity index (χ2n) is 2.85. The van der Waals surface area contributed by atoms with Gasteiger partial charge in [-0.15, -0.1) is 23.1 Å². The number of hydrogen-bond donors (Lipinski definition) is 1. The van der Waals surface area contributed by atoms with Crippen LogP contribution in [0.2, 0.25) is 0 Å². The SMILES string of the molecule is CSc1cc2sc(N)cc2cc1C#N. The van der Waals surface area contributed by atoms with Crippen molar-refractivity contribution in [2.45, 2.75) is 4.90 Å². The fourth-order valence-corrected chi connectivity index (χ4v) is 2.83. The van der Waals surface area contributed by atoms with Crippen LogP contribution in [0.5, 0.6) is 0 Å². The number of nitrogen functional groups attached to an aromatic ring is 1. The Morgan fingerprint density at radius 3 is 2.86 bits per heavy atom. The third-order valence-electron chi connectivity index (χ3n) is 1.98. The Morgan fingerprint density at radius 1 is 1.43 bits per heavy atom. The fourth-order valence-electron chi connectivity index (χ4n) is 1.35. The van der Waals surface area contributed by atoms with Crippen LogP contribution in [0.15, 0.2) is 23.1 Å². The highest BCUT2D eigenvalue weighted by molar-refractivity contribution is 7.98. The lowest BCUT2D eigenvalue weighted by molar-refractivity contribution is 1.40. The van der Waals surface area contributed by atoms with Gasteiger partial charge in [0.15, 0.2) is 0 Å². The van der Waals surface area contributed by atoms with Crippen LogP contribution < -0.4 is 5.73 Å². The van der Waals surface area contributed by atoms with Crippen molar-refractivity contribution in [2.24, 2.45) is 0 Å². The number of hydrogen-bond acceptors (Lipinski definition) is 4. The third-order valence-corrected chi connectivity index (χ3v) is 3.68. The lowest BCUT2D eigenvalue weighted by Gasteiger charge is -1.99. The molecular formula is C10H8N2S2. The first-order valence-electron chi connectivity index (χ1n) is 4.01. The lowest BCUT2D eigenvalue weighted by Crippen LogP contribution is -1.78. The molecule has 4 heteroatoms. The third kappa shape index (κ3) is 1.45. The van der Waals surface area contributed by atoms with E-state index in [-0.39, 0.29) is 0 Å². The summed E-state index contributed by atoms with van der Waals surface area (Å²) in [7, 11) is 0. The van der Waals surface area contributed by atoms with Crippen molar-refractivity contribution in [2.75, 3.05) is 12.0 Å². The number of anilines is 1. The van der Waals surface area contributed by atoms with E-state index < -0.39 is 0 Å². The Hall–Kier alpha value is -1.18. The van der Waals surface area contributed by atoms with Crippen molar-refractivity contribution in [3.63, 3.8) is 0 Å². The van der Waals surface area contributed by atoms with Gasteiger partial charge in [0.25, 0.3) is 0 Å². The molecule has 0 bridgehead atoms. The largest absolute Gasteiger partial charge is 0.391 e. The van der Waals surface area contributed by atoms with Crippen LogP contribution in [-0.2, 0) is 0 Å². The molecule has 2 N–H and O–H groups in total. The van der Waals surface area contributed by atoms with Crippen LogP contribution in [0.3, 0.4) is 0 Å². The molecule has 2 rings (SSSR count). The van der Waals surface area contributed by atoms with E-state index in [4.69, 9.17) is 11.0 Å². The number of benzene rings is 1. The molecule has 0 saturated carbocycles. The molecule has 0 amide bonds. The fraction of sp³-hybridized carbons (Fsp3) is 0.100. The van der Waals surface area contributed by atoms with Gasteiger partial charge in [-0.1, -0.05) is 0 Å². The van der Waals surface area contributed by atoms with E-state index >= 15 is 0 Å². The maximum atomic E-state index is 8.92. The summed E-state index contributed by atoms with van der Waals surface area (Å²) in [6, 6.07) is 8.02. The summed E-state index contributed by atoms with van der Waals surface area (Å²) in [6.07, 6.45) is 1.97. The zero-order valence-electron chi connectivity index (χ0n) is 7.57. The maximum Gasteiger partial charge on any atom is 0.100 e. The highest BCUT2D eigenvalue weighted by Gasteiger charge is 2.05. The van der Waals surface area contributed by atoms with E-state index in [1.807, 2.05) is 24.5 Å². The second kappa shape index (κ2) is 3.52. The molecule has 0 aliphatic heterocycles. The van der Waals surface area contributed by atoms with E-state index in [0.29, 0.717) is 0 Å². The molecule has 1 aromatic carbocycles. The second-order valence-corrected chi connectivity index (χ2v) is 4.81. The van der Waals surface area contributed by atoms with Crippen LogP contribution in [0, 0.1) is 11.3 Å². The Labute approximate surface area is 90.3 Å². The van der Waals surface area contributed by atoms with Gasteiger partial charge >= 0.3 is 0 Å². The molecule has 1 heterocycles. The van der Waals surface area contributed by atoms with Gasteiger partial charge in [-0.05, 0) is 29.8 Å². The quantitative estimate of drug-likeness (QED) is 0.751. The van der Waals surface area contributed by atoms with Gasteiger partial charge in [-0.2, -0.15) is 5.26 Å². The molecule has 2 aromatic rings. The topological polar surface area (TPSA) is 49.8 Å². The zero-order valence-corrected chi connectivity index (χ0v) is 9.21. The van der Waals surface area contributed by atoms with Crippen molar-refractivity contribution in [3.8, 4) is 6.07 Å². The van der Waals surface area contributed by atoms with Crippen LogP contribution in [0.4, 0.5) is 5.00 Å². The lowest BCUT2D eigenvalue weighted by atomic mass is 10.2.